The van der Waals surface area contributed by atoms with E-state index in [4.69, 9.17) is 21.3 Å². The average Bonchev–Trinajstić information content (AvgIpc) is 3.12. The minimum atomic E-state index is 0.247. The van der Waals surface area contributed by atoms with Crippen LogP contribution in [0.2, 0.25) is 0 Å². The number of nitrogens with two attached hydrogens (primary N) is 1. The molecule has 1 aliphatic heterocycles. The molecule has 0 radical (unpaired) electrons. The van der Waals surface area contributed by atoms with Crippen LogP contribution in [-0.2, 0) is 6.54 Å². The first-order valence-electron chi connectivity index (χ1n) is 8.69. The van der Waals surface area contributed by atoms with Gasteiger partial charge in [-0.25, -0.2) is 9.97 Å². The summed E-state index contributed by atoms with van der Waals surface area (Å²) >= 11 is 1.34. The molecule has 146 valence electrons. The fourth-order valence-corrected chi connectivity index (χ4v) is 3.74. The van der Waals surface area contributed by atoms with E-state index in [2.05, 4.69) is 20.0 Å². The summed E-state index contributed by atoms with van der Waals surface area (Å²) in [7, 11) is 1.59. The summed E-state index contributed by atoms with van der Waals surface area (Å²) in [5, 5.41) is 21.9. The average molecular weight is 399 g/mol. The summed E-state index contributed by atoms with van der Waals surface area (Å²) in [6.45, 7) is 2.27. The molecule has 4 N–H and O–H groups in total. The number of thioether (sulfide) groups is 1. The summed E-state index contributed by atoms with van der Waals surface area (Å²) in [4.78, 5) is 12.9. The molecule has 0 atom stereocenters. The SMILES string of the molecule is COc1cccc2c1nc(N)n1nc(CN3CCN(C(=N)SC)C(=N)C3)nc21. The van der Waals surface area contributed by atoms with Gasteiger partial charge in [0.05, 0.1) is 20.2 Å². The molecule has 0 saturated carbocycles. The minimum Gasteiger partial charge on any atom is -0.494 e. The van der Waals surface area contributed by atoms with Crippen molar-refractivity contribution in [2.45, 2.75) is 6.54 Å². The number of anilines is 1. The van der Waals surface area contributed by atoms with Gasteiger partial charge in [0.15, 0.2) is 16.6 Å². The Morgan fingerprint density at radius 1 is 1.32 bits per heavy atom. The van der Waals surface area contributed by atoms with Crippen molar-refractivity contribution in [3.63, 3.8) is 0 Å². The lowest BCUT2D eigenvalue weighted by Gasteiger charge is -2.35. The number of nitrogen functional groups attached to an aromatic ring is 1. The Kier molecular flexibility index (Phi) is 4.77. The van der Waals surface area contributed by atoms with Crippen LogP contribution in [0.4, 0.5) is 5.95 Å². The molecular weight excluding hydrogens is 378 g/mol. The fraction of sp³-hybridized carbons (Fsp3) is 0.353. The van der Waals surface area contributed by atoms with Crippen molar-refractivity contribution in [1.29, 1.82) is 10.8 Å². The van der Waals surface area contributed by atoms with Crippen LogP contribution < -0.4 is 10.5 Å². The second kappa shape index (κ2) is 7.24. The third-order valence-electron chi connectivity index (χ3n) is 4.70. The van der Waals surface area contributed by atoms with E-state index >= 15 is 0 Å². The summed E-state index contributed by atoms with van der Waals surface area (Å²) in [5.74, 6) is 1.91. The number of ether oxygens (including phenoxy) is 1. The highest BCUT2D eigenvalue weighted by Crippen LogP contribution is 2.27. The molecule has 1 fully saturated rings. The molecule has 0 bridgehead atoms. The Bertz CT molecular complexity index is 1080. The maximum atomic E-state index is 8.21. The molecule has 0 aliphatic carbocycles. The van der Waals surface area contributed by atoms with Crippen molar-refractivity contribution in [2.24, 2.45) is 0 Å². The molecule has 0 unspecified atom stereocenters. The van der Waals surface area contributed by atoms with Gasteiger partial charge in [-0.2, -0.15) is 4.52 Å². The van der Waals surface area contributed by atoms with Crippen LogP contribution in [0, 0.1) is 10.8 Å². The zero-order chi connectivity index (χ0) is 19.8. The Labute approximate surface area is 165 Å². The van der Waals surface area contributed by atoms with E-state index in [9.17, 15) is 0 Å². The first kappa shape index (κ1) is 18.4. The van der Waals surface area contributed by atoms with Gasteiger partial charge in [0.2, 0.25) is 5.95 Å². The minimum absolute atomic E-state index is 0.247. The van der Waals surface area contributed by atoms with Gasteiger partial charge in [-0.3, -0.25) is 15.7 Å². The Morgan fingerprint density at radius 2 is 2.14 bits per heavy atom. The molecule has 0 amide bonds. The number of nitrogens with one attached hydrogen (secondary N) is 2. The van der Waals surface area contributed by atoms with Crippen LogP contribution in [0.1, 0.15) is 5.82 Å². The molecule has 1 aliphatic rings. The van der Waals surface area contributed by atoms with E-state index < -0.39 is 0 Å². The van der Waals surface area contributed by atoms with Crippen molar-refractivity contribution < 1.29 is 4.74 Å². The quantitative estimate of drug-likeness (QED) is 0.443. The number of piperazine rings is 1. The van der Waals surface area contributed by atoms with Crippen LogP contribution in [0.25, 0.3) is 16.6 Å². The van der Waals surface area contributed by atoms with Gasteiger partial charge in [-0.15, -0.1) is 5.10 Å². The Morgan fingerprint density at radius 3 is 2.86 bits per heavy atom. The first-order chi connectivity index (χ1) is 13.5. The largest absolute Gasteiger partial charge is 0.494 e. The second-order valence-electron chi connectivity index (χ2n) is 6.41. The summed E-state index contributed by atoms with van der Waals surface area (Å²) in [6, 6.07) is 5.63. The van der Waals surface area contributed by atoms with Crippen molar-refractivity contribution in [2.75, 3.05) is 38.7 Å². The molecule has 3 aromatic rings. The number of benzene rings is 1. The van der Waals surface area contributed by atoms with E-state index in [1.165, 1.54) is 11.8 Å². The van der Waals surface area contributed by atoms with Gasteiger partial charge in [0, 0.05) is 18.5 Å². The fourth-order valence-electron chi connectivity index (χ4n) is 3.32. The van der Waals surface area contributed by atoms with E-state index in [1.54, 1.807) is 16.5 Å². The third-order valence-corrected chi connectivity index (χ3v) is 5.30. The standard InChI is InChI=1S/C17H21N9OS/c1-27-11-5-3-4-10-14(11)22-16(19)26-15(10)21-13(23-26)9-24-6-7-25(12(18)8-24)17(20)28-2/h3-5,18,20H,6-9H2,1-2H3,(H2,19,22). The summed E-state index contributed by atoms with van der Waals surface area (Å²) in [5.41, 5.74) is 7.38. The molecule has 4 rings (SSSR count). The van der Waals surface area contributed by atoms with Crippen molar-refractivity contribution in [3.05, 3.63) is 24.0 Å². The number of fused-ring (bicyclic) bond motifs is 3. The third kappa shape index (κ3) is 3.12. The molecule has 1 aromatic carbocycles. The van der Waals surface area contributed by atoms with Gasteiger partial charge in [-0.1, -0.05) is 17.8 Å². The van der Waals surface area contributed by atoms with E-state index in [0.29, 0.717) is 53.4 Å². The normalized spacial score (nSPS) is 15.5. The van der Waals surface area contributed by atoms with E-state index in [1.807, 2.05) is 24.5 Å². The number of aromatic nitrogens is 4. The van der Waals surface area contributed by atoms with Crippen molar-refractivity contribution in [1.82, 2.24) is 29.4 Å². The van der Waals surface area contributed by atoms with Crippen LogP contribution >= 0.6 is 11.8 Å². The summed E-state index contributed by atoms with van der Waals surface area (Å²) in [6.07, 6.45) is 1.85. The van der Waals surface area contributed by atoms with Gasteiger partial charge >= 0.3 is 0 Å². The highest BCUT2D eigenvalue weighted by molar-refractivity contribution is 8.13. The number of rotatable bonds is 3. The predicted molar refractivity (Wildman–Crippen MR) is 110 cm³/mol. The molecule has 28 heavy (non-hydrogen) atoms. The van der Waals surface area contributed by atoms with Crippen molar-refractivity contribution >= 4 is 45.3 Å². The number of hydrogen-bond donors (Lipinski definition) is 3. The molecule has 1 saturated heterocycles. The number of nitrogens with zero attached hydrogens (tertiary/aromatic N) is 6. The molecule has 0 spiro atoms. The van der Waals surface area contributed by atoms with Crippen LogP contribution in [0.15, 0.2) is 18.2 Å². The van der Waals surface area contributed by atoms with E-state index in [0.717, 1.165) is 11.9 Å². The Hall–Kier alpha value is -2.92. The zero-order valence-electron chi connectivity index (χ0n) is 15.6. The maximum Gasteiger partial charge on any atom is 0.223 e. The topological polar surface area (TPSA) is 133 Å². The van der Waals surface area contributed by atoms with Gasteiger partial charge in [0.25, 0.3) is 0 Å². The maximum absolute atomic E-state index is 8.21. The number of para-hydroxylation sites is 1. The monoisotopic (exact) mass is 399 g/mol. The van der Waals surface area contributed by atoms with Crippen LogP contribution in [0.3, 0.4) is 0 Å². The van der Waals surface area contributed by atoms with E-state index in [-0.39, 0.29) is 5.95 Å². The van der Waals surface area contributed by atoms with Gasteiger partial charge < -0.3 is 15.4 Å². The second-order valence-corrected chi connectivity index (χ2v) is 7.20. The molecule has 10 nitrogen and oxygen atoms in total. The molecule has 2 aromatic heterocycles. The first-order valence-corrected chi connectivity index (χ1v) is 9.92. The van der Waals surface area contributed by atoms with Gasteiger partial charge in [0.1, 0.15) is 17.1 Å². The lowest BCUT2D eigenvalue weighted by Crippen LogP contribution is -2.51. The number of methoxy groups -OCH3 is 1. The lowest BCUT2D eigenvalue weighted by atomic mass is 10.2. The van der Waals surface area contributed by atoms with Crippen LogP contribution in [-0.4, -0.2) is 73.4 Å². The molecule has 11 heteroatoms. The smallest absolute Gasteiger partial charge is 0.223 e. The summed E-state index contributed by atoms with van der Waals surface area (Å²) < 4.78 is 6.92. The molecule has 3 heterocycles. The zero-order valence-corrected chi connectivity index (χ0v) is 16.5. The number of amidine groups is 2. The number of hydrogen-bond acceptors (Lipinski definition) is 9. The Balaban J connectivity index is 1.62. The van der Waals surface area contributed by atoms with Gasteiger partial charge in [-0.05, 0) is 18.4 Å². The van der Waals surface area contributed by atoms with Crippen molar-refractivity contribution in [3.8, 4) is 5.75 Å². The highest BCUT2D eigenvalue weighted by Gasteiger charge is 2.25. The predicted octanol–water partition coefficient (Wildman–Crippen LogP) is 1.26. The van der Waals surface area contributed by atoms with Crippen LogP contribution in [0.5, 0.6) is 5.75 Å². The molecular formula is C17H21N9OS. The highest BCUT2D eigenvalue weighted by atomic mass is 32.2. The lowest BCUT2D eigenvalue weighted by molar-refractivity contribution is 0.250.